The van der Waals surface area contributed by atoms with Gasteiger partial charge in [-0.2, -0.15) is 0 Å². The highest BCUT2D eigenvalue weighted by Gasteiger charge is 2.25. The van der Waals surface area contributed by atoms with Crippen LogP contribution in [0, 0.1) is 13.8 Å². The molecule has 3 N–H and O–H groups in total. The molecule has 8 nitrogen and oxygen atoms in total. The van der Waals surface area contributed by atoms with Crippen LogP contribution in [-0.2, 0) is 17.9 Å². The smallest absolute Gasteiger partial charge is 0.330 e. The standard InChI is InChI=1S/C28H28N4O4/c1-19-13-14-23(15-20(19)2)36-18-24(33)31(16-21-9-5-3-6-10-21)25-26(29)32(28(35)30-27(25)34)17-22-11-7-4-8-12-22/h3-15H,16-18,29H2,1-2H3,(H,30,34,35). The number of amides is 1. The van der Waals surface area contributed by atoms with Crippen LogP contribution in [0.15, 0.2) is 88.5 Å². The number of ether oxygens (including phenoxy) is 1. The SMILES string of the molecule is Cc1ccc(OCC(=O)N(Cc2ccccc2)c2c(N)n(Cc3ccccc3)c(=O)[nH]c2=O)cc1C. The molecular weight excluding hydrogens is 456 g/mol. The molecule has 4 rings (SSSR count). The van der Waals surface area contributed by atoms with Crippen LogP contribution in [0.5, 0.6) is 5.75 Å². The van der Waals surface area contributed by atoms with Gasteiger partial charge in [-0.1, -0.05) is 66.7 Å². The number of benzene rings is 3. The Hall–Kier alpha value is -4.59. The Morgan fingerprint density at radius 2 is 1.56 bits per heavy atom. The number of nitrogens with two attached hydrogens (primary N) is 1. The number of hydrogen-bond acceptors (Lipinski definition) is 5. The third kappa shape index (κ3) is 5.55. The summed E-state index contributed by atoms with van der Waals surface area (Å²) in [4.78, 5) is 42.6. The summed E-state index contributed by atoms with van der Waals surface area (Å²) in [6.07, 6.45) is 0. The second-order valence-corrected chi connectivity index (χ2v) is 8.57. The number of carbonyl (C=O) groups is 1. The van der Waals surface area contributed by atoms with Crippen LogP contribution in [0.4, 0.5) is 11.5 Å². The van der Waals surface area contributed by atoms with E-state index >= 15 is 0 Å². The van der Waals surface area contributed by atoms with E-state index in [1.54, 1.807) is 6.07 Å². The van der Waals surface area contributed by atoms with Crippen LogP contribution < -0.4 is 26.6 Å². The highest BCUT2D eigenvalue weighted by atomic mass is 16.5. The Labute approximate surface area is 208 Å². The molecule has 0 unspecified atom stereocenters. The topological polar surface area (TPSA) is 110 Å². The first-order chi connectivity index (χ1) is 17.3. The normalized spacial score (nSPS) is 10.7. The molecule has 0 fully saturated rings. The molecule has 0 aliphatic heterocycles. The van der Waals surface area contributed by atoms with Gasteiger partial charge in [0.1, 0.15) is 11.6 Å². The third-order valence-corrected chi connectivity index (χ3v) is 5.99. The molecule has 1 amide bonds. The van der Waals surface area contributed by atoms with Crippen molar-refractivity contribution in [2.45, 2.75) is 26.9 Å². The van der Waals surface area contributed by atoms with E-state index in [0.29, 0.717) is 5.75 Å². The van der Waals surface area contributed by atoms with E-state index in [-0.39, 0.29) is 31.2 Å². The van der Waals surface area contributed by atoms with Crippen LogP contribution in [0.1, 0.15) is 22.3 Å². The molecule has 1 heterocycles. The van der Waals surface area contributed by atoms with Crippen molar-refractivity contribution in [3.8, 4) is 5.75 Å². The molecule has 0 saturated heterocycles. The number of carbonyl (C=O) groups excluding carboxylic acids is 1. The fourth-order valence-corrected chi connectivity index (χ4v) is 3.85. The Bertz CT molecular complexity index is 1480. The van der Waals surface area contributed by atoms with Gasteiger partial charge in [-0.25, -0.2) is 4.79 Å². The fraction of sp³-hybridized carbons (Fsp3) is 0.179. The fourth-order valence-electron chi connectivity index (χ4n) is 3.85. The van der Waals surface area contributed by atoms with Crippen LogP contribution in [0.2, 0.25) is 0 Å². The number of H-pyrrole nitrogens is 1. The molecule has 8 heteroatoms. The van der Waals surface area contributed by atoms with Crippen molar-refractivity contribution in [1.29, 1.82) is 0 Å². The number of nitrogens with one attached hydrogen (secondary N) is 1. The van der Waals surface area contributed by atoms with E-state index < -0.39 is 17.2 Å². The van der Waals surface area contributed by atoms with Gasteiger partial charge in [0.25, 0.3) is 11.5 Å². The van der Waals surface area contributed by atoms with Crippen molar-refractivity contribution in [2.24, 2.45) is 0 Å². The minimum atomic E-state index is -0.739. The maximum atomic E-state index is 13.4. The Balaban J connectivity index is 1.71. The summed E-state index contributed by atoms with van der Waals surface area (Å²) in [5.41, 5.74) is 8.65. The first kappa shape index (κ1) is 24.5. The molecule has 0 radical (unpaired) electrons. The number of aromatic nitrogens is 2. The molecule has 0 aliphatic carbocycles. The van der Waals surface area contributed by atoms with E-state index in [2.05, 4.69) is 4.98 Å². The number of nitrogens with zero attached hydrogens (tertiary/aromatic N) is 2. The number of nitrogen functional groups attached to an aromatic ring is 1. The summed E-state index contributed by atoms with van der Waals surface area (Å²) in [5, 5.41) is 0. The zero-order chi connectivity index (χ0) is 25.7. The van der Waals surface area contributed by atoms with Gasteiger partial charge >= 0.3 is 5.69 Å². The molecule has 1 aromatic heterocycles. The summed E-state index contributed by atoms with van der Waals surface area (Å²) in [7, 11) is 0. The molecular formula is C28H28N4O4. The Morgan fingerprint density at radius 3 is 2.19 bits per heavy atom. The summed E-state index contributed by atoms with van der Waals surface area (Å²) in [6.45, 7) is 3.85. The number of rotatable bonds is 8. The van der Waals surface area contributed by atoms with Crippen molar-refractivity contribution < 1.29 is 9.53 Å². The number of aryl methyl sites for hydroxylation is 2. The van der Waals surface area contributed by atoms with Gasteiger partial charge < -0.3 is 10.5 Å². The van der Waals surface area contributed by atoms with Crippen molar-refractivity contribution in [1.82, 2.24) is 9.55 Å². The van der Waals surface area contributed by atoms with Gasteiger partial charge in [-0.05, 0) is 48.2 Å². The first-order valence-corrected chi connectivity index (χ1v) is 11.5. The predicted molar refractivity (Wildman–Crippen MR) is 140 cm³/mol. The van der Waals surface area contributed by atoms with E-state index in [9.17, 15) is 14.4 Å². The number of aromatic amines is 1. The van der Waals surface area contributed by atoms with E-state index in [0.717, 1.165) is 22.3 Å². The number of anilines is 2. The molecule has 0 spiro atoms. The second-order valence-electron chi connectivity index (χ2n) is 8.57. The lowest BCUT2D eigenvalue weighted by atomic mass is 10.1. The lowest BCUT2D eigenvalue weighted by Crippen LogP contribution is -2.42. The average molecular weight is 485 g/mol. The predicted octanol–water partition coefficient (Wildman–Crippen LogP) is 3.40. The van der Waals surface area contributed by atoms with Gasteiger partial charge in [0.2, 0.25) is 0 Å². The molecule has 184 valence electrons. The molecule has 0 aliphatic rings. The lowest BCUT2D eigenvalue weighted by molar-refractivity contribution is -0.120. The van der Waals surface area contributed by atoms with Gasteiger partial charge in [0.05, 0.1) is 13.1 Å². The minimum absolute atomic E-state index is 0.0762. The van der Waals surface area contributed by atoms with Crippen molar-refractivity contribution in [3.05, 3.63) is 122 Å². The summed E-state index contributed by atoms with van der Waals surface area (Å²) >= 11 is 0. The second kappa shape index (κ2) is 10.8. The molecule has 0 saturated carbocycles. The van der Waals surface area contributed by atoms with Crippen molar-refractivity contribution >= 4 is 17.4 Å². The maximum Gasteiger partial charge on any atom is 0.330 e. The van der Waals surface area contributed by atoms with Gasteiger partial charge in [0.15, 0.2) is 12.3 Å². The lowest BCUT2D eigenvalue weighted by Gasteiger charge is -2.25. The Kier molecular flexibility index (Phi) is 7.34. The minimum Gasteiger partial charge on any atom is -0.484 e. The Morgan fingerprint density at radius 1 is 0.917 bits per heavy atom. The quantitative estimate of drug-likeness (QED) is 0.398. The summed E-state index contributed by atoms with van der Waals surface area (Å²) in [6, 6.07) is 24.0. The molecule has 3 aromatic carbocycles. The van der Waals surface area contributed by atoms with Crippen LogP contribution in [0.3, 0.4) is 0 Å². The summed E-state index contributed by atoms with van der Waals surface area (Å²) < 4.78 is 7.01. The third-order valence-electron chi connectivity index (χ3n) is 5.99. The van der Waals surface area contributed by atoms with Gasteiger partial charge in [-0.15, -0.1) is 0 Å². The van der Waals surface area contributed by atoms with Gasteiger partial charge in [-0.3, -0.25) is 24.0 Å². The highest BCUT2D eigenvalue weighted by Crippen LogP contribution is 2.22. The highest BCUT2D eigenvalue weighted by molar-refractivity contribution is 5.96. The first-order valence-electron chi connectivity index (χ1n) is 11.5. The van der Waals surface area contributed by atoms with E-state index in [1.165, 1.54) is 9.47 Å². The van der Waals surface area contributed by atoms with E-state index in [4.69, 9.17) is 10.5 Å². The zero-order valence-electron chi connectivity index (χ0n) is 20.2. The number of hydrogen-bond donors (Lipinski definition) is 2. The average Bonchev–Trinajstić information content (AvgIpc) is 2.87. The molecule has 0 atom stereocenters. The molecule has 36 heavy (non-hydrogen) atoms. The van der Waals surface area contributed by atoms with Crippen LogP contribution in [0.25, 0.3) is 0 Å². The molecule has 0 bridgehead atoms. The van der Waals surface area contributed by atoms with Crippen molar-refractivity contribution in [3.63, 3.8) is 0 Å². The van der Waals surface area contributed by atoms with Crippen LogP contribution in [-0.4, -0.2) is 22.1 Å². The van der Waals surface area contributed by atoms with Gasteiger partial charge in [0, 0.05) is 0 Å². The van der Waals surface area contributed by atoms with E-state index in [1.807, 2.05) is 86.6 Å². The maximum absolute atomic E-state index is 13.4. The zero-order valence-corrected chi connectivity index (χ0v) is 20.2. The van der Waals surface area contributed by atoms with Crippen molar-refractivity contribution in [2.75, 3.05) is 17.2 Å². The molecule has 4 aromatic rings. The largest absolute Gasteiger partial charge is 0.484 e. The van der Waals surface area contributed by atoms with Crippen LogP contribution >= 0.6 is 0 Å². The monoisotopic (exact) mass is 484 g/mol. The summed E-state index contributed by atoms with van der Waals surface area (Å²) in [5.74, 6) is -0.0238.